The molecule has 5 heteroatoms. The van der Waals surface area contributed by atoms with Crippen molar-refractivity contribution in [3.05, 3.63) is 56.2 Å². The molecule has 0 bridgehead atoms. The molecule has 1 aromatic carbocycles. The molecule has 0 fully saturated rings. The molecule has 92 valence electrons. The molecule has 0 aliphatic rings. The van der Waals surface area contributed by atoms with Crippen molar-refractivity contribution >= 4 is 52.2 Å². The Morgan fingerprint density at radius 1 is 1.22 bits per heavy atom. The molecule has 2 nitrogen and oxygen atoms in total. The van der Waals surface area contributed by atoms with Crippen LogP contribution in [-0.2, 0) is 4.79 Å². The molecule has 0 unspecified atom stereocenters. The highest BCUT2D eigenvalue weighted by molar-refractivity contribution is 7.11. The average Bonchev–Trinajstić information content (AvgIpc) is 2.82. The Morgan fingerprint density at radius 2 is 2.00 bits per heavy atom. The van der Waals surface area contributed by atoms with Crippen LogP contribution in [0.25, 0.3) is 11.6 Å². The Morgan fingerprint density at radius 3 is 2.56 bits per heavy atom. The smallest absolute Gasteiger partial charge is 0.336 e. The van der Waals surface area contributed by atoms with Crippen molar-refractivity contribution in [2.75, 3.05) is 0 Å². The van der Waals surface area contributed by atoms with Gasteiger partial charge in [0.15, 0.2) is 0 Å². The Hall–Kier alpha value is -1.29. The molecule has 1 heterocycles. The molecule has 2 rings (SSSR count). The quantitative estimate of drug-likeness (QED) is 0.835. The van der Waals surface area contributed by atoms with Crippen LogP contribution in [0.15, 0.2) is 35.7 Å². The van der Waals surface area contributed by atoms with Crippen LogP contribution in [0.2, 0.25) is 10.0 Å². The number of benzene rings is 1. The first kappa shape index (κ1) is 13.1. The molecule has 1 N–H and O–H groups in total. The molecule has 0 amide bonds. The zero-order valence-electron chi connectivity index (χ0n) is 9.06. The topological polar surface area (TPSA) is 37.3 Å². The SMILES string of the molecule is O=C(O)/C(=C\c1cccs1)c1ccc(Cl)c(Cl)c1. The second kappa shape index (κ2) is 5.57. The first-order valence-corrected chi connectivity index (χ1v) is 6.65. The van der Waals surface area contributed by atoms with Crippen LogP contribution in [-0.4, -0.2) is 11.1 Å². The Labute approximate surface area is 118 Å². The molecule has 18 heavy (non-hydrogen) atoms. The predicted octanol–water partition coefficient (Wildman–Crippen LogP) is 4.68. The third-order valence-electron chi connectivity index (χ3n) is 2.29. The lowest BCUT2D eigenvalue weighted by atomic mass is 10.1. The molecule has 1 aromatic heterocycles. The van der Waals surface area contributed by atoms with Gasteiger partial charge in [-0.3, -0.25) is 0 Å². The maximum absolute atomic E-state index is 11.3. The third-order valence-corrected chi connectivity index (χ3v) is 3.85. The van der Waals surface area contributed by atoms with Gasteiger partial charge in [-0.1, -0.05) is 35.3 Å². The fraction of sp³-hybridized carbons (Fsp3) is 0. The molecule has 0 saturated carbocycles. The lowest BCUT2D eigenvalue weighted by molar-refractivity contribution is -0.130. The van der Waals surface area contributed by atoms with Gasteiger partial charge in [-0.25, -0.2) is 4.79 Å². The third kappa shape index (κ3) is 2.93. The van der Waals surface area contributed by atoms with E-state index < -0.39 is 5.97 Å². The number of aliphatic carboxylic acids is 1. The van der Waals surface area contributed by atoms with Crippen LogP contribution in [0, 0.1) is 0 Å². The lowest BCUT2D eigenvalue weighted by Crippen LogP contribution is -1.99. The Bertz CT molecular complexity index is 603. The van der Waals surface area contributed by atoms with Crippen LogP contribution >= 0.6 is 34.5 Å². The molecule has 0 radical (unpaired) electrons. The average molecular weight is 299 g/mol. The van der Waals surface area contributed by atoms with E-state index in [-0.39, 0.29) is 5.57 Å². The van der Waals surface area contributed by atoms with Gasteiger partial charge < -0.3 is 5.11 Å². The van der Waals surface area contributed by atoms with Gasteiger partial charge >= 0.3 is 5.97 Å². The minimum atomic E-state index is -0.998. The monoisotopic (exact) mass is 298 g/mol. The minimum absolute atomic E-state index is 0.191. The van der Waals surface area contributed by atoms with E-state index in [0.717, 1.165) is 4.88 Å². The van der Waals surface area contributed by atoms with Gasteiger partial charge in [0, 0.05) is 4.88 Å². The summed E-state index contributed by atoms with van der Waals surface area (Å²) in [7, 11) is 0. The zero-order valence-corrected chi connectivity index (χ0v) is 11.4. The standard InChI is InChI=1S/C13H8Cl2O2S/c14-11-4-3-8(6-12(11)15)10(13(16)17)7-9-2-1-5-18-9/h1-7H,(H,16,17)/b10-7-. The number of rotatable bonds is 3. The van der Waals surface area contributed by atoms with Crippen LogP contribution in [0.3, 0.4) is 0 Å². The highest BCUT2D eigenvalue weighted by Crippen LogP contribution is 2.28. The van der Waals surface area contributed by atoms with Gasteiger partial charge in [0.25, 0.3) is 0 Å². The maximum atomic E-state index is 11.3. The predicted molar refractivity (Wildman–Crippen MR) is 76.3 cm³/mol. The van der Waals surface area contributed by atoms with Gasteiger partial charge in [-0.05, 0) is 35.2 Å². The number of hydrogen-bond acceptors (Lipinski definition) is 2. The molecule has 0 aliphatic heterocycles. The maximum Gasteiger partial charge on any atom is 0.336 e. The number of carboxylic acids is 1. The van der Waals surface area contributed by atoms with Crippen molar-refractivity contribution in [1.82, 2.24) is 0 Å². The fourth-order valence-corrected chi connectivity index (χ4v) is 2.40. The first-order valence-electron chi connectivity index (χ1n) is 5.02. The summed E-state index contributed by atoms with van der Waals surface area (Å²) in [6.07, 6.45) is 1.62. The van der Waals surface area contributed by atoms with Crippen molar-refractivity contribution in [3.63, 3.8) is 0 Å². The summed E-state index contributed by atoms with van der Waals surface area (Å²) < 4.78 is 0. The lowest BCUT2D eigenvalue weighted by Gasteiger charge is -2.04. The van der Waals surface area contributed by atoms with Gasteiger partial charge in [-0.2, -0.15) is 0 Å². The number of halogens is 2. The summed E-state index contributed by atoms with van der Waals surface area (Å²) in [5.41, 5.74) is 0.723. The molecule has 0 atom stereocenters. The summed E-state index contributed by atoms with van der Waals surface area (Å²) in [5, 5.41) is 11.9. The van der Waals surface area contributed by atoms with Gasteiger partial charge in [0.1, 0.15) is 0 Å². The molecular formula is C13H8Cl2O2S. The van der Waals surface area contributed by atoms with Crippen LogP contribution < -0.4 is 0 Å². The molecule has 0 saturated heterocycles. The number of carbonyl (C=O) groups is 1. The fourth-order valence-electron chi connectivity index (χ4n) is 1.45. The minimum Gasteiger partial charge on any atom is -0.478 e. The second-order valence-electron chi connectivity index (χ2n) is 3.51. The van der Waals surface area contributed by atoms with Crippen molar-refractivity contribution in [2.24, 2.45) is 0 Å². The summed E-state index contributed by atoms with van der Waals surface area (Å²) >= 11 is 13.2. The van der Waals surface area contributed by atoms with Crippen molar-refractivity contribution in [2.45, 2.75) is 0 Å². The molecule has 2 aromatic rings. The zero-order chi connectivity index (χ0) is 13.1. The number of hydrogen-bond donors (Lipinski definition) is 1. The second-order valence-corrected chi connectivity index (χ2v) is 5.30. The molecular weight excluding hydrogens is 291 g/mol. The largest absolute Gasteiger partial charge is 0.478 e. The van der Waals surface area contributed by atoms with Crippen molar-refractivity contribution in [1.29, 1.82) is 0 Å². The van der Waals surface area contributed by atoms with E-state index in [2.05, 4.69) is 0 Å². The summed E-state index contributed by atoms with van der Waals surface area (Å²) in [6, 6.07) is 8.50. The van der Waals surface area contributed by atoms with E-state index in [4.69, 9.17) is 23.2 Å². The summed E-state index contributed by atoms with van der Waals surface area (Å²) in [5.74, 6) is -0.998. The van der Waals surface area contributed by atoms with E-state index in [1.54, 1.807) is 24.3 Å². The Balaban J connectivity index is 2.48. The molecule has 0 spiro atoms. The summed E-state index contributed by atoms with van der Waals surface area (Å²) in [6.45, 7) is 0. The van der Waals surface area contributed by atoms with E-state index in [1.807, 2.05) is 17.5 Å². The summed E-state index contributed by atoms with van der Waals surface area (Å²) in [4.78, 5) is 12.2. The van der Waals surface area contributed by atoms with E-state index in [1.165, 1.54) is 11.3 Å². The van der Waals surface area contributed by atoms with Crippen LogP contribution in [0.4, 0.5) is 0 Å². The molecule has 0 aliphatic carbocycles. The van der Waals surface area contributed by atoms with E-state index in [0.29, 0.717) is 15.6 Å². The first-order chi connectivity index (χ1) is 8.58. The van der Waals surface area contributed by atoms with Crippen molar-refractivity contribution < 1.29 is 9.90 Å². The van der Waals surface area contributed by atoms with Crippen LogP contribution in [0.1, 0.15) is 10.4 Å². The van der Waals surface area contributed by atoms with E-state index in [9.17, 15) is 9.90 Å². The number of carboxylic acid groups (broad SMARTS) is 1. The Kier molecular flexibility index (Phi) is 4.07. The number of thiophene rings is 1. The van der Waals surface area contributed by atoms with Gasteiger partial charge in [0.05, 0.1) is 15.6 Å². The highest BCUT2D eigenvalue weighted by Gasteiger charge is 2.12. The van der Waals surface area contributed by atoms with Crippen molar-refractivity contribution in [3.8, 4) is 0 Å². The van der Waals surface area contributed by atoms with Crippen LogP contribution in [0.5, 0.6) is 0 Å². The van der Waals surface area contributed by atoms with E-state index >= 15 is 0 Å². The van der Waals surface area contributed by atoms with Gasteiger partial charge in [0.2, 0.25) is 0 Å². The highest BCUT2D eigenvalue weighted by atomic mass is 35.5. The normalized spacial score (nSPS) is 11.6. The van der Waals surface area contributed by atoms with Gasteiger partial charge in [-0.15, -0.1) is 11.3 Å².